The minimum atomic E-state index is -0.119. The molecule has 0 amide bonds. The highest BCUT2D eigenvalue weighted by Crippen LogP contribution is 2.30. The third-order valence-corrected chi connectivity index (χ3v) is 4.63. The van der Waals surface area contributed by atoms with Crippen molar-refractivity contribution >= 4 is 22.4 Å². The molecule has 26 heavy (non-hydrogen) atoms. The molecule has 0 fully saturated rings. The van der Waals surface area contributed by atoms with Gasteiger partial charge in [-0.05, 0) is 59.0 Å². The zero-order valence-electron chi connectivity index (χ0n) is 14.3. The van der Waals surface area contributed by atoms with Crippen LogP contribution in [0.5, 0.6) is 0 Å². The second-order valence-electron chi connectivity index (χ2n) is 6.55. The van der Waals surface area contributed by atoms with Gasteiger partial charge in [-0.2, -0.15) is 5.10 Å². The summed E-state index contributed by atoms with van der Waals surface area (Å²) < 4.78 is 0. The van der Waals surface area contributed by atoms with Crippen molar-refractivity contribution in [3.05, 3.63) is 77.9 Å². The molecule has 1 aromatic heterocycles. The Labute approximate surface area is 151 Å². The fourth-order valence-corrected chi connectivity index (χ4v) is 3.26. The number of H-pyrrole nitrogens is 1. The van der Waals surface area contributed by atoms with Crippen LogP contribution in [-0.4, -0.2) is 10.2 Å². The molecule has 0 bridgehead atoms. The maximum absolute atomic E-state index is 6.45. The van der Waals surface area contributed by atoms with Crippen LogP contribution in [0.4, 0.5) is 11.5 Å². The molecule has 0 radical (unpaired) electrons. The monoisotopic (exact) mass is 343 g/mol. The molecule has 1 unspecified atom stereocenters. The number of hydrogen-bond donors (Lipinski definition) is 4. The molecular weight excluding hydrogens is 322 g/mol. The van der Waals surface area contributed by atoms with Crippen LogP contribution >= 0.6 is 0 Å². The molecule has 0 aliphatic carbocycles. The smallest absolute Gasteiger partial charge is 0.153 e. The van der Waals surface area contributed by atoms with Crippen LogP contribution in [0.3, 0.4) is 0 Å². The summed E-state index contributed by atoms with van der Waals surface area (Å²) in [5.41, 5.74) is 24.3. The lowest BCUT2D eigenvalue weighted by atomic mass is 9.95. The first-order valence-electron chi connectivity index (χ1n) is 8.54. The minimum Gasteiger partial charge on any atom is -0.399 e. The van der Waals surface area contributed by atoms with E-state index in [1.165, 1.54) is 5.56 Å². The Hall–Kier alpha value is -3.31. The minimum absolute atomic E-state index is 0.119. The van der Waals surface area contributed by atoms with Gasteiger partial charge in [-0.25, -0.2) is 0 Å². The highest BCUT2D eigenvalue weighted by atomic mass is 15.1. The van der Waals surface area contributed by atoms with Gasteiger partial charge in [0.25, 0.3) is 0 Å². The summed E-state index contributed by atoms with van der Waals surface area (Å²) in [7, 11) is 0. The van der Waals surface area contributed by atoms with Crippen molar-refractivity contribution < 1.29 is 0 Å². The van der Waals surface area contributed by atoms with E-state index in [2.05, 4.69) is 28.4 Å². The predicted octanol–water partition coefficient (Wildman–Crippen LogP) is 3.64. The van der Waals surface area contributed by atoms with Gasteiger partial charge in [0.1, 0.15) is 0 Å². The number of rotatable bonds is 4. The quantitative estimate of drug-likeness (QED) is 0.424. The summed E-state index contributed by atoms with van der Waals surface area (Å²) in [5, 5.41) is 7.92. The van der Waals surface area contributed by atoms with Crippen molar-refractivity contribution in [2.45, 2.75) is 12.5 Å². The highest BCUT2D eigenvalue weighted by Gasteiger charge is 2.11. The van der Waals surface area contributed by atoms with E-state index in [4.69, 9.17) is 17.2 Å². The molecular formula is C21H21N5. The van der Waals surface area contributed by atoms with Crippen LogP contribution in [0.15, 0.2) is 66.7 Å². The number of fused-ring (bicyclic) bond motifs is 1. The third-order valence-electron chi connectivity index (χ3n) is 4.63. The van der Waals surface area contributed by atoms with E-state index < -0.39 is 0 Å². The van der Waals surface area contributed by atoms with Crippen LogP contribution in [0.1, 0.15) is 17.2 Å². The van der Waals surface area contributed by atoms with Gasteiger partial charge in [0.05, 0.1) is 5.52 Å². The molecule has 0 spiro atoms. The number of nitrogens with zero attached hydrogens (tertiary/aromatic N) is 1. The number of anilines is 2. The Morgan fingerprint density at radius 1 is 0.885 bits per heavy atom. The van der Waals surface area contributed by atoms with Crippen LogP contribution in [0.25, 0.3) is 22.0 Å². The molecule has 3 aromatic carbocycles. The normalized spacial score (nSPS) is 12.3. The summed E-state index contributed by atoms with van der Waals surface area (Å²) in [6, 6.07) is 22.1. The zero-order chi connectivity index (χ0) is 18.1. The van der Waals surface area contributed by atoms with Gasteiger partial charge < -0.3 is 17.2 Å². The first-order chi connectivity index (χ1) is 12.6. The predicted molar refractivity (Wildman–Crippen MR) is 107 cm³/mol. The van der Waals surface area contributed by atoms with Crippen molar-refractivity contribution in [2.75, 3.05) is 11.5 Å². The summed E-state index contributed by atoms with van der Waals surface area (Å²) >= 11 is 0. The van der Waals surface area contributed by atoms with Crippen LogP contribution in [0, 0.1) is 0 Å². The Kier molecular flexibility index (Phi) is 4.07. The SMILES string of the molecule is Nc1cc(-c2ccc3c(N)n[nH]c3c2)cc(C(N)Cc2ccccc2)c1. The van der Waals surface area contributed by atoms with Gasteiger partial charge >= 0.3 is 0 Å². The van der Waals surface area contributed by atoms with Gasteiger partial charge in [0.2, 0.25) is 0 Å². The molecule has 4 aromatic rings. The molecule has 0 aliphatic heterocycles. The average Bonchev–Trinajstić information content (AvgIpc) is 3.02. The molecule has 5 nitrogen and oxygen atoms in total. The van der Waals surface area contributed by atoms with E-state index in [9.17, 15) is 0 Å². The third kappa shape index (κ3) is 3.12. The van der Waals surface area contributed by atoms with Gasteiger partial charge in [-0.1, -0.05) is 36.4 Å². The second-order valence-corrected chi connectivity index (χ2v) is 6.55. The maximum Gasteiger partial charge on any atom is 0.153 e. The molecule has 1 atom stereocenters. The fourth-order valence-electron chi connectivity index (χ4n) is 3.26. The topological polar surface area (TPSA) is 107 Å². The molecule has 0 aliphatic rings. The number of aromatic nitrogens is 2. The zero-order valence-corrected chi connectivity index (χ0v) is 14.3. The van der Waals surface area contributed by atoms with E-state index >= 15 is 0 Å². The number of aromatic amines is 1. The number of benzene rings is 3. The van der Waals surface area contributed by atoms with E-state index in [1.54, 1.807) is 0 Å². The summed E-state index contributed by atoms with van der Waals surface area (Å²) in [6.45, 7) is 0. The van der Waals surface area contributed by atoms with Gasteiger partial charge in [0.15, 0.2) is 5.82 Å². The molecule has 0 saturated carbocycles. The Morgan fingerprint density at radius 3 is 2.50 bits per heavy atom. The Morgan fingerprint density at radius 2 is 1.69 bits per heavy atom. The molecule has 0 saturated heterocycles. The molecule has 1 heterocycles. The number of hydrogen-bond acceptors (Lipinski definition) is 4. The van der Waals surface area contributed by atoms with Crippen LogP contribution < -0.4 is 17.2 Å². The Bertz CT molecular complexity index is 1050. The van der Waals surface area contributed by atoms with Gasteiger partial charge in [0, 0.05) is 17.1 Å². The number of nitrogens with two attached hydrogens (primary N) is 3. The van der Waals surface area contributed by atoms with Crippen LogP contribution in [-0.2, 0) is 6.42 Å². The number of nitrogen functional groups attached to an aromatic ring is 2. The molecule has 7 N–H and O–H groups in total. The first-order valence-corrected chi connectivity index (χ1v) is 8.54. The van der Waals surface area contributed by atoms with Crippen molar-refractivity contribution in [3.8, 4) is 11.1 Å². The first kappa shape index (κ1) is 16.2. The van der Waals surface area contributed by atoms with E-state index in [0.29, 0.717) is 11.5 Å². The van der Waals surface area contributed by atoms with Crippen molar-refractivity contribution in [1.82, 2.24) is 10.2 Å². The van der Waals surface area contributed by atoms with E-state index in [1.807, 2.05) is 48.5 Å². The fraction of sp³-hybridized carbons (Fsp3) is 0.0952. The lowest BCUT2D eigenvalue weighted by Crippen LogP contribution is -2.13. The van der Waals surface area contributed by atoms with Crippen molar-refractivity contribution in [3.63, 3.8) is 0 Å². The molecule has 5 heteroatoms. The van der Waals surface area contributed by atoms with Gasteiger partial charge in [-0.3, -0.25) is 5.10 Å². The van der Waals surface area contributed by atoms with Crippen LogP contribution in [0.2, 0.25) is 0 Å². The largest absolute Gasteiger partial charge is 0.399 e. The summed E-state index contributed by atoms with van der Waals surface area (Å²) in [5.74, 6) is 0.504. The summed E-state index contributed by atoms with van der Waals surface area (Å²) in [6.07, 6.45) is 0.764. The standard InChI is InChI=1S/C21H21N5/c22-17-10-15(14-6-7-18-20(12-14)25-26-21(18)24)9-16(11-17)19(23)8-13-4-2-1-3-5-13/h1-7,9-12,19H,8,22-23H2,(H3,24,25,26). The van der Waals surface area contributed by atoms with E-state index in [0.717, 1.165) is 34.0 Å². The lowest BCUT2D eigenvalue weighted by molar-refractivity contribution is 0.722. The molecule has 130 valence electrons. The maximum atomic E-state index is 6.45. The van der Waals surface area contributed by atoms with E-state index in [-0.39, 0.29) is 6.04 Å². The average molecular weight is 343 g/mol. The summed E-state index contributed by atoms with van der Waals surface area (Å²) in [4.78, 5) is 0. The van der Waals surface area contributed by atoms with Crippen molar-refractivity contribution in [1.29, 1.82) is 0 Å². The lowest BCUT2D eigenvalue weighted by Gasteiger charge is -2.15. The highest BCUT2D eigenvalue weighted by molar-refractivity contribution is 5.92. The molecule has 4 rings (SSSR count). The second kappa shape index (κ2) is 6.54. The van der Waals surface area contributed by atoms with Gasteiger partial charge in [-0.15, -0.1) is 0 Å². The Balaban J connectivity index is 1.68. The number of nitrogens with one attached hydrogen (secondary N) is 1. The van der Waals surface area contributed by atoms with Crippen molar-refractivity contribution in [2.24, 2.45) is 5.73 Å².